The monoisotopic (exact) mass is 242 g/mol. The topological polar surface area (TPSA) is 46.0 Å². The highest BCUT2D eigenvalue weighted by Crippen LogP contribution is 2.24. The van der Waals surface area contributed by atoms with Crippen LogP contribution in [0.15, 0.2) is 30.3 Å². The van der Waals surface area contributed by atoms with Gasteiger partial charge in [0.25, 0.3) is 0 Å². The average Bonchev–Trinajstić information content (AvgIpc) is 2.41. The molecule has 0 aliphatic heterocycles. The fourth-order valence-electron chi connectivity index (χ4n) is 1.96. The van der Waals surface area contributed by atoms with E-state index in [0.717, 1.165) is 28.9 Å². The lowest BCUT2D eigenvalue weighted by atomic mass is 9.99. The number of aromatic nitrogens is 2. The van der Waals surface area contributed by atoms with Crippen molar-refractivity contribution in [1.29, 1.82) is 0 Å². The van der Waals surface area contributed by atoms with Crippen molar-refractivity contribution in [2.24, 2.45) is 0 Å². The van der Waals surface area contributed by atoms with E-state index < -0.39 is 6.10 Å². The van der Waals surface area contributed by atoms with Crippen molar-refractivity contribution < 1.29 is 5.11 Å². The van der Waals surface area contributed by atoms with Crippen LogP contribution in [0.1, 0.15) is 41.1 Å². The number of rotatable bonds is 3. The third-order valence-electron chi connectivity index (χ3n) is 3.14. The third kappa shape index (κ3) is 2.57. The van der Waals surface area contributed by atoms with E-state index in [2.05, 4.69) is 29.3 Å². The predicted molar refractivity (Wildman–Crippen MR) is 71.4 cm³/mol. The van der Waals surface area contributed by atoms with E-state index in [4.69, 9.17) is 0 Å². The highest BCUT2D eigenvalue weighted by molar-refractivity contribution is 5.33. The van der Waals surface area contributed by atoms with Gasteiger partial charge >= 0.3 is 0 Å². The van der Waals surface area contributed by atoms with Crippen LogP contribution >= 0.6 is 0 Å². The fraction of sp³-hybridized carbons (Fsp3) is 0.333. The Morgan fingerprint density at radius 2 is 1.78 bits per heavy atom. The van der Waals surface area contributed by atoms with Crippen LogP contribution in [0.5, 0.6) is 0 Å². The Hall–Kier alpha value is -1.74. The number of benzene rings is 1. The van der Waals surface area contributed by atoms with Crippen LogP contribution in [-0.2, 0) is 6.42 Å². The molecule has 0 aliphatic carbocycles. The van der Waals surface area contributed by atoms with Gasteiger partial charge in [0.05, 0.1) is 11.4 Å². The summed E-state index contributed by atoms with van der Waals surface area (Å²) in [6.07, 6.45) is 0.371. The molecule has 0 amide bonds. The minimum Gasteiger partial charge on any atom is -0.384 e. The van der Waals surface area contributed by atoms with Crippen LogP contribution < -0.4 is 0 Å². The van der Waals surface area contributed by atoms with Crippen molar-refractivity contribution in [2.45, 2.75) is 33.3 Å². The van der Waals surface area contributed by atoms with Crippen molar-refractivity contribution in [2.75, 3.05) is 0 Å². The molecule has 0 saturated heterocycles. The number of hydrogen-bond donors (Lipinski definition) is 1. The molecule has 3 heteroatoms. The van der Waals surface area contributed by atoms with Crippen LogP contribution in [0.4, 0.5) is 0 Å². The molecule has 2 rings (SSSR count). The second-order valence-corrected chi connectivity index (χ2v) is 4.52. The van der Waals surface area contributed by atoms with E-state index in [1.807, 2.05) is 32.0 Å². The van der Waals surface area contributed by atoms with E-state index in [1.54, 1.807) is 0 Å². The summed E-state index contributed by atoms with van der Waals surface area (Å²) in [5.41, 5.74) is 4.58. The molecular formula is C15H18N2O. The number of hydrogen-bond acceptors (Lipinski definition) is 3. The number of aryl methyl sites for hydroxylation is 3. The molecule has 3 nitrogen and oxygen atoms in total. The van der Waals surface area contributed by atoms with Gasteiger partial charge in [-0.2, -0.15) is 10.2 Å². The Kier molecular flexibility index (Phi) is 3.72. The zero-order valence-electron chi connectivity index (χ0n) is 11.0. The molecule has 0 spiro atoms. The quantitative estimate of drug-likeness (QED) is 0.900. The molecule has 1 unspecified atom stereocenters. The molecule has 0 radical (unpaired) electrons. The molecule has 18 heavy (non-hydrogen) atoms. The van der Waals surface area contributed by atoms with E-state index in [0.29, 0.717) is 0 Å². The molecule has 0 saturated carbocycles. The second-order valence-electron chi connectivity index (χ2n) is 4.52. The first-order valence-corrected chi connectivity index (χ1v) is 6.19. The summed E-state index contributed by atoms with van der Waals surface area (Å²) in [5, 5.41) is 18.4. The maximum atomic E-state index is 10.4. The predicted octanol–water partition coefficient (Wildman–Crippen LogP) is 2.74. The first-order valence-electron chi connectivity index (χ1n) is 6.19. The minimum atomic E-state index is -0.634. The van der Waals surface area contributed by atoms with Crippen LogP contribution in [-0.4, -0.2) is 15.3 Å². The highest BCUT2D eigenvalue weighted by Gasteiger charge is 2.14. The van der Waals surface area contributed by atoms with E-state index in [-0.39, 0.29) is 0 Å². The van der Waals surface area contributed by atoms with Gasteiger partial charge < -0.3 is 5.11 Å². The number of nitrogens with zero attached hydrogens (tertiary/aromatic N) is 2. The SMILES string of the molecule is CCc1ccc(C(O)c2cc(C)nnc2C)cc1. The fourth-order valence-corrected chi connectivity index (χ4v) is 1.96. The van der Waals surface area contributed by atoms with Crippen molar-refractivity contribution in [1.82, 2.24) is 10.2 Å². The third-order valence-corrected chi connectivity index (χ3v) is 3.14. The minimum absolute atomic E-state index is 0.634. The first-order chi connectivity index (χ1) is 8.61. The average molecular weight is 242 g/mol. The summed E-state index contributed by atoms with van der Waals surface area (Å²) in [7, 11) is 0. The second kappa shape index (κ2) is 5.27. The molecular weight excluding hydrogens is 224 g/mol. The van der Waals surface area contributed by atoms with Gasteiger partial charge in [-0.25, -0.2) is 0 Å². The van der Waals surface area contributed by atoms with Gasteiger partial charge in [-0.05, 0) is 37.5 Å². The molecule has 1 N–H and O–H groups in total. The molecule has 2 aromatic rings. The zero-order chi connectivity index (χ0) is 13.1. The van der Waals surface area contributed by atoms with Crippen molar-refractivity contribution >= 4 is 0 Å². The van der Waals surface area contributed by atoms with E-state index in [9.17, 15) is 5.11 Å². The highest BCUT2D eigenvalue weighted by atomic mass is 16.3. The summed E-state index contributed by atoms with van der Waals surface area (Å²) >= 11 is 0. The van der Waals surface area contributed by atoms with Gasteiger partial charge in [-0.15, -0.1) is 0 Å². The van der Waals surface area contributed by atoms with Gasteiger partial charge in [0.1, 0.15) is 6.10 Å². The Morgan fingerprint density at radius 3 is 2.39 bits per heavy atom. The van der Waals surface area contributed by atoms with Gasteiger partial charge in [-0.1, -0.05) is 31.2 Å². The smallest absolute Gasteiger partial charge is 0.106 e. The van der Waals surface area contributed by atoms with Crippen molar-refractivity contribution in [3.05, 3.63) is 58.4 Å². The Labute approximate surface area is 108 Å². The molecule has 1 heterocycles. The zero-order valence-corrected chi connectivity index (χ0v) is 11.0. The van der Waals surface area contributed by atoms with Crippen LogP contribution in [0, 0.1) is 13.8 Å². The molecule has 0 aliphatic rings. The summed E-state index contributed by atoms with van der Waals surface area (Å²) < 4.78 is 0. The summed E-state index contributed by atoms with van der Waals surface area (Å²) in [5.74, 6) is 0. The lowest BCUT2D eigenvalue weighted by Crippen LogP contribution is -2.05. The van der Waals surface area contributed by atoms with Crippen molar-refractivity contribution in [3.63, 3.8) is 0 Å². The Bertz CT molecular complexity index is 535. The van der Waals surface area contributed by atoms with Gasteiger partial charge in [0, 0.05) is 5.56 Å². The number of aliphatic hydroxyl groups is 1. The maximum Gasteiger partial charge on any atom is 0.106 e. The van der Waals surface area contributed by atoms with E-state index in [1.165, 1.54) is 5.56 Å². The summed E-state index contributed by atoms with van der Waals surface area (Å²) in [6, 6.07) is 9.93. The Balaban J connectivity index is 2.34. The normalized spacial score (nSPS) is 12.4. The van der Waals surface area contributed by atoms with Gasteiger partial charge in [0.15, 0.2) is 0 Å². The van der Waals surface area contributed by atoms with Gasteiger partial charge in [-0.3, -0.25) is 0 Å². The molecule has 0 fully saturated rings. The summed E-state index contributed by atoms with van der Waals surface area (Å²) in [4.78, 5) is 0. The van der Waals surface area contributed by atoms with Crippen molar-refractivity contribution in [3.8, 4) is 0 Å². The number of aliphatic hydroxyl groups excluding tert-OH is 1. The maximum absolute atomic E-state index is 10.4. The summed E-state index contributed by atoms with van der Waals surface area (Å²) in [6.45, 7) is 5.86. The first kappa shape index (κ1) is 12.7. The lowest BCUT2D eigenvalue weighted by molar-refractivity contribution is 0.218. The van der Waals surface area contributed by atoms with E-state index >= 15 is 0 Å². The largest absolute Gasteiger partial charge is 0.384 e. The van der Waals surface area contributed by atoms with Gasteiger partial charge in [0.2, 0.25) is 0 Å². The molecule has 0 bridgehead atoms. The molecule has 1 aromatic carbocycles. The Morgan fingerprint density at radius 1 is 1.11 bits per heavy atom. The standard InChI is InChI=1S/C15H18N2O/c1-4-12-5-7-13(8-6-12)15(18)14-9-10(2)16-17-11(14)3/h5-9,15,18H,4H2,1-3H3. The van der Waals surface area contributed by atoms with Crippen LogP contribution in [0.2, 0.25) is 0 Å². The van der Waals surface area contributed by atoms with Crippen LogP contribution in [0.3, 0.4) is 0 Å². The molecule has 1 aromatic heterocycles. The van der Waals surface area contributed by atoms with Crippen LogP contribution in [0.25, 0.3) is 0 Å². The lowest BCUT2D eigenvalue weighted by Gasteiger charge is -2.14. The molecule has 94 valence electrons. The molecule has 1 atom stereocenters.